The summed E-state index contributed by atoms with van der Waals surface area (Å²) in [6.45, 7) is 5.92. The van der Waals surface area contributed by atoms with Crippen molar-refractivity contribution in [1.29, 1.82) is 0 Å². The summed E-state index contributed by atoms with van der Waals surface area (Å²) in [6.07, 6.45) is 0.00351. The van der Waals surface area contributed by atoms with Gasteiger partial charge in [-0.3, -0.25) is 4.79 Å². The van der Waals surface area contributed by atoms with Crippen LogP contribution in [0.4, 0.5) is 11.4 Å². The number of carbonyl (C=O) groups is 1. The van der Waals surface area contributed by atoms with Gasteiger partial charge in [0.2, 0.25) is 5.91 Å². The van der Waals surface area contributed by atoms with Crippen molar-refractivity contribution in [3.8, 4) is 0 Å². The van der Waals surface area contributed by atoms with Crippen LogP contribution in [-0.4, -0.2) is 18.6 Å². The molecule has 1 rings (SSSR count). The van der Waals surface area contributed by atoms with Crippen molar-refractivity contribution in [1.82, 2.24) is 0 Å². The maximum Gasteiger partial charge on any atom is 0.250 e. The smallest absolute Gasteiger partial charge is 0.250 e. The van der Waals surface area contributed by atoms with E-state index < -0.39 is 0 Å². The maximum absolute atomic E-state index is 11.7. The van der Waals surface area contributed by atoms with Crippen LogP contribution < -0.4 is 11.1 Å². The first kappa shape index (κ1) is 16.1. The van der Waals surface area contributed by atoms with Crippen molar-refractivity contribution in [3.05, 3.63) is 22.2 Å². The van der Waals surface area contributed by atoms with Crippen LogP contribution in [0, 0.1) is 5.92 Å². The number of hydrogen-bond donors (Lipinski definition) is 2. The lowest BCUT2D eigenvalue weighted by Crippen LogP contribution is -2.24. The van der Waals surface area contributed by atoms with Crippen LogP contribution >= 0.6 is 23.2 Å². The third kappa shape index (κ3) is 4.90. The Kier molecular flexibility index (Phi) is 5.91. The van der Waals surface area contributed by atoms with E-state index in [-0.39, 0.29) is 18.6 Å². The monoisotopic (exact) mass is 304 g/mol. The summed E-state index contributed by atoms with van der Waals surface area (Å²) in [6, 6.07) is 3.05. The van der Waals surface area contributed by atoms with Crippen molar-refractivity contribution in [2.75, 3.05) is 17.7 Å². The summed E-state index contributed by atoms with van der Waals surface area (Å²) in [5, 5.41) is 3.34. The van der Waals surface area contributed by atoms with E-state index in [0.717, 1.165) is 0 Å². The molecule has 1 aromatic rings. The molecule has 0 radical (unpaired) electrons. The topological polar surface area (TPSA) is 64.3 Å². The van der Waals surface area contributed by atoms with Crippen LogP contribution in [-0.2, 0) is 9.53 Å². The van der Waals surface area contributed by atoms with Gasteiger partial charge in [-0.05, 0) is 25.0 Å². The third-order valence-electron chi connectivity index (χ3n) is 2.77. The van der Waals surface area contributed by atoms with Gasteiger partial charge in [0.05, 0.1) is 22.5 Å². The van der Waals surface area contributed by atoms with E-state index in [1.807, 2.05) is 20.8 Å². The number of nitrogens with one attached hydrogen (secondary N) is 1. The number of halogens is 2. The molecule has 0 saturated carbocycles. The minimum atomic E-state index is -0.302. The molecule has 19 heavy (non-hydrogen) atoms. The van der Waals surface area contributed by atoms with Crippen molar-refractivity contribution in [2.45, 2.75) is 26.9 Å². The first-order chi connectivity index (χ1) is 8.81. The molecule has 0 bridgehead atoms. The van der Waals surface area contributed by atoms with E-state index in [9.17, 15) is 4.79 Å². The standard InChI is InChI=1S/C13H18Cl2N2O2/c1-7(2)8(3)19-6-12(18)17-13-10(15)4-9(14)5-11(13)16/h4-5,7-8H,6,16H2,1-3H3,(H,17,18). The molecular formula is C13H18Cl2N2O2. The van der Waals surface area contributed by atoms with Crippen LogP contribution in [0.15, 0.2) is 12.1 Å². The zero-order valence-corrected chi connectivity index (χ0v) is 12.7. The minimum absolute atomic E-state index is 0.00351. The van der Waals surface area contributed by atoms with E-state index in [1.165, 1.54) is 12.1 Å². The largest absolute Gasteiger partial charge is 0.397 e. The van der Waals surface area contributed by atoms with Crippen LogP contribution in [0.5, 0.6) is 0 Å². The van der Waals surface area contributed by atoms with E-state index in [4.69, 9.17) is 33.7 Å². The molecule has 0 heterocycles. The second-order valence-corrected chi connectivity index (χ2v) is 5.50. The van der Waals surface area contributed by atoms with Gasteiger partial charge in [0.15, 0.2) is 0 Å². The van der Waals surface area contributed by atoms with Crippen molar-refractivity contribution in [2.24, 2.45) is 5.92 Å². The molecule has 3 N–H and O–H groups in total. The Labute approximate surface area is 123 Å². The molecule has 0 aliphatic heterocycles. The summed E-state index contributed by atoms with van der Waals surface area (Å²) in [7, 11) is 0. The molecule has 0 spiro atoms. The first-order valence-electron chi connectivity index (χ1n) is 5.97. The zero-order valence-electron chi connectivity index (χ0n) is 11.2. The highest BCUT2D eigenvalue weighted by Crippen LogP contribution is 2.31. The lowest BCUT2D eigenvalue weighted by atomic mass is 10.1. The summed E-state index contributed by atoms with van der Waals surface area (Å²) in [5.74, 6) is 0.0420. The number of nitrogens with two attached hydrogens (primary N) is 1. The van der Waals surface area contributed by atoms with E-state index >= 15 is 0 Å². The summed E-state index contributed by atoms with van der Waals surface area (Å²) < 4.78 is 5.42. The number of carbonyl (C=O) groups excluding carboxylic acids is 1. The Balaban J connectivity index is 2.63. The molecule has 1 amide bonds. The highest BCUT2D eigenvalue weighted by atomic mass is 35.5. The predicted molar refractivity (Wildman–Crippen MR) is 79.8 cm³/mol. The van der Waals surface area contributed by atoms with Crippen LogP contribution in [0.3, 0.4) is 0 Å². The molecule has 4 nitrogen and oxygen atoms in total. The number of anilines is 2. The minimum Gasteiger partial charge on any atom is -0.397 e. The van der Waals surface area contributed by atoms with Gasteiger partial charge in [-0.15, -0.1) is 0 Å². The molecule has 0 saturated heterocycles. The number of nitrogen functional groups attached to an aromatic ring is 1. The SMILES string of the molecule is CC(C)C(C)OCC(=O)Nc1c(N)cc(Cl)cc1Cl. The first-order valence-corrected chi connectivity index (χ1v) is 6.72. The summed E-state index contributed by atoms with van der Waals surface area (Å²) in [5.41, 5.74) is 6.43. The average Bonchev–Trinajstić information content (AvgIpc) is 2.30. The number of benzene rings is 1. The Morgan fingerprint density at radius 1 is 1.37 bits per heavy atom. The molecule has 1 unspecified atom stereocenters. The second-order valence-electron chi connectivity index (χ2n) is 4.66. The molecule has 106 valence electrons. The van der Waals surface area contributed by atoms with Gasteiger partial charge in [0.1, 0.15) is 6.61 Å². The summed E-state index contributed by atoms with van der Waals surface area (Å²) >= 11 is 11.8. The zero-order chi connectivity index (χ0) is 14.6. The van der Waals surface area contributed by atoms with Gasteiger partial charge in [-0.1, -0.05) is 37.0 Å². The van der Waals surface area contributed by atoms with Gasteiger partial charge in [0, 0.05) is 5.02 Å². The lowest BCUT2D eigenvalue weighted by Gasteiger charge is -2.17. The van der Waals surface area contributed by atoms with Gasteiger partial charge < -0.3 is 15.8 Å². The predicted octanol–water partition coefficient (Wildman–Crippen LogP) is 3.58. The quantitative estimate of drug-likeness (QED) is 0.817. The molecule has 1 atom stereocenters. The highest BCUT2D eigenvalue weighted by Gasteiger charge is 2.13. The molecule has 1 aromatic carbocycles. The maximum atomic E-state index is 11.7. The second kappa shape index (κ2) is 6.98. The number of ether oxygens (including phenoxy) is 1. The van der Waals surface area contributed by atoms with E-state index in [2.05, 4.69) is 5.32 Å². The van der Waals surface area contributed by atoms with Crippen molar-refractivity contribution in [3.63, 3.8) is 0 Å². The Morgan fingerprint density at radius 2 is 2.00 bits per heavy atom. The molecule has 0 aliphatic rings. The third-order valence-corrected chi connectivity index (χ3v) is 3.28. The van der Waals surface area contributed by atoms with Crippen molar-refractivity contribution >= 4 is 40.5 Å². The molecule has 0 fully saturated rings. The van der Waals surface area contributed by atoms with Crippen LogP contribution in [0.25, 0.3) is 0 Å². The normalized spacial score (nSPS) is 12.5. The molecule has 0 aliphatic carbocycles. The molecule has 6 heteroatoms. The van der Waals surface area contributed by atoms with Gasteiger partial charge in [-0.25, -0.2) is 0 Å². The van der Waals surface area contributed by atoms with Crippen LogP contribution in [0.1, 0.15) is 20.8 Å². The fourth-order valence-electron chi connectivity index (χ4n) is 1.30. The summed E-state index contributed by atoms with van der Waals surface area (Å²) in [4.78, 5) is 11.7. The fourth-order valence-corrected chi connectivity index (χ4v) is 1.86. The molecule has 0 aromatic heterocycles. The van der Waals surface area contributed by atoms with Gasteiger partial charge in [-0.2, -0.15) is 0 Å². The highest BCUT2D eigenvalue weighted by molar-refractivity contribution is 6.37. The Hall–Kier alpha value is -0.970. The lowest BCUT2D eigenvalue weighted by molar-refractivity contribution is -0.123. The van der Waals surface area contributed by atoms with Gasteiger partial charge >= 0.3 is 0 Å². The number of rotatable bonds is 5. The molecular weight excluding hydrogens is 287 g/mol. The number of hydrogen-bond acceptors (Lipinski definition) is 3. The van der Waals surface area contributed by atoms with E-state index in [1.54, 1.807) is 0 Å². The Morgan fingerprint density at radius 3 is 2.53 bits per heavy atom. The average molecular weight is 305 g/mol. The Bertz CT molecular complexity index is 441. The van der Waals surface area contributed by atoms with E-state index in [0.29, 0.717) is 27.3 Å². The fraction of sp³-hybridized carbons (Fsp3) is 0.462. The number of amides is 1. The van der Waals surface area contributed by atoms with Crippen molar-refractivity contribution < 1.29 is 9.53 Å². The van der Waals surface area contributed by atoms with Crippen LogP contribution in [0.2, 0.25) is 10.0 Å². The van der Waals surface area contributed by atoms with Gasteiger partial charge in [0.25, 0.3) is 0 Å².